The lowest BCUT2D eigenvalue weighted by molar-refractivity contribution is 0.196. The molecule has 0 aromatic carbocycles. The van der Waals surface area contributed by atoms with Crippen LogP contribution < -0.4 is 0 Å². The largest absolute Gasteiger partial charge is 0.281 e. The molecule has 14 heavy (non-hydrogen) atoms. The predicted molar refractivity (Wildman–Crippen MR) is 61.9 cm³/mol. The topological polar surface area (TPSA) is 18.8 Å². The molecule has 0 fully saturated rings. The van der Waals surface area contributed by atoms with Crippen molar-refractivity contribution in [3.8, 4) is 0 Å². The number of unbranched alkanes of at least 4 members (excludes halogenated alkanes) is 1. The summed E-state index contributed by atoms with van der Waals surface area (Å²) in [6.45, 7) is 2.86. The minimum Gasteiger partial charge on any atom is -0.281 e. The van der Waals surface area contributed by atoms with E-state index in [1.807, 2.05) is 0 Å². The van der Waals surface area contributed by atoms with Crippen LogP contribution in [0.3, 0.4) is 0 Å². The molecule has 1 rings (SSSR count). The predicted octanol–water partition coefficient (Wildman–Crippen LogP) is 3.20. The molecule has 1 aliphatic rings. The van der Waals surface area contributed by atoms with E-state index in [9.17, 15) is 0 Å². The van der Waals surface area contributed by atoms with Crippen molar-refractivity contribution >= 4 is 52.7 Å². The molecule has 3 nitrogen and oxygen atoms in total. The molecule has 1 aliphatic heterocycles. The first-order valence-electron chi connectivity index (χ1n) is 4.26. The molecule has 0 aromatic heterocycles. The minimum absolute atomic E-state index is 0.519. The van der Waals surface area contributed by atoms with E-state index in [0.29, 0.717) is 0 Å². The average Bonchev–Trinajstić information content (AvgIpc) is 2.42. The molecule has 0 N–H and O–H groups in total. The van der Waals surface area contributed by atoms with Crippen LogP contribution in [-0.4, -0.2) is 32.3 Å². The van der Waals surface area contributed by atoms with Gasteiger partial charge in [-0.2, -0.15) is 5.10 Å². The molecule has 0 aromatic rings. The Morgan fingerprint density at radius 1 is 1.43 bits per heavy atom. The zero-order valence-electron chi connectivity index (χ0n) is 7.63. The summed E-state index contributed by atoms with van der Waals surface area (Å²) in [6.07, 6.45) is 3.53. The highest BCUT2D eigenvalue weighted by Gasteiger charge is 2.38. The highest BCUT2D eigenvalue weighted by molar-refractivity contribution is 6.67. The van der Waals surface area contributed by atoms with Gasteiger partial charge in [0.25, 0.3) is 3.92 Å². The lowest BCUT2D eigenvalue weighted by atomic mass is 10.3. The molecule has 1 heterocycles. The fourth-order valence-corrected chi connectivity index (χ4v) is 1.95. The van der Waals surface area contributed by atoms with Gasteiger partial charge in [-0.05, 0) is 6.42 Å². The number of hydrogen-bond acceptors (Lipinski definition) is 3. The Hall–Kier alpha value is 0.430. The van der Waals surface area contributed by atoms with Crippen LogP contribution in [0.5, 0.6) is 0 Å². The first-order chi connectivity index (χ1) is 6.46. The van der Waals surface area contributed by atoms with Gasteiger partial charge < -0.3 is 0 Å². The van der Waals surface area contributed by atoms with Crippen molar-refractivity contribution in [3.63, 3.8) is 0 Å². The van der Waals surface area contributed by atoms with Crippen LogP contribution in [0.25, 0.3) is 0 Å². The highest BCUT2D eigenvalue weighted by atomic mass is 35.6. The van der Waals surface area contributed by atoms with Gasteiger partial charge in [0.05, 0.1) is 0 Å². The van der Waals surface area contributed by atoms with Crippen molar-refractivity contribution in [2.45, 2.75) is 29.3 Å². The molecule has 0 aliphatic carbocycles. The molecule has 0 spiro atoms. The van der Waals surface area contributed by atoms with Gasteiger partial charge in [0.15, 0.2) is 5.62 Å². The Balaban J connectivity index is 2.52. The zero-order valence-corrected chi connectivity index (χ0v) is 10.7. The van der Waals surface area contributed by atoms with E-state index in [0.717, 1.165) is 19.4 Å². The maximum absolute atomic E-state index is 6.04. The Morgan fingerprint density at radius 3 is 2.50 bits per heavy atom. The third kappa shape index (κ3) is 2.96. The zero-order chi connectivity index (χ0) is 10.8. The molecule has 1 unspecified atom stereocenters. The third-order valence-corrected chi connectivity index (χ3v) is 2.85. The number of alkyl halides is 4. The summed E-state index contributed by atoms with van der Waals surface area (Å²) in [5, 5.41) is 5.74. The average molecular weight is 279 g/mol. The molecule has 0 amide bonds. The minimum atomic E-state index is -1.54. The Kier molecular flexibility index (Phi) is 4.44. The second-order valence-electron chi connectivity index (χ2n) is 2.93. The van der Waals surface area contributed by atoms with Crippen LogP contribution in [0.1, 0.15) is 19.8 Å². The lowest BCUT2D eigenvalue weighted by Crippen LogP contribution is -2.42. The smallest absolute Gasteiger partial charge is 0.271 e. The fourth-order valence-electron chi connectivity index (χ4n) is 1.05. The van der Waals surface area contributed by atoms with Gasteiger partial charge in [0, 0.05) is 6.54 Å². The molecule has 0 saturated heterocycles. The van der Waals surface area contributed by atoms with Crippen LogP contribution in [0, 0.1) is 0 Å². The van der Waals surface area contributed by atoms with Gasteiger partial charge in [-0.15, -0.1) is 0 Å². The second-order valence-corrected chi connectivity index (χ2v) is 5.55. The van der Waals surface area contributed by atoms with E-state index in [1.54, 1.807) is 5.01 Å². The van der Waals surface area contributed by atoms with Gasteiger partial charge in [0.2, 0.25) is 0 Å². The maximum atomic E-state index is 6.04. The van der Waals surface area contributed by atoms with Crippen LogP contribution in [0.4, 0.5) is 0 Å². The summed E-state index contributed by atoms with van der Waals surface area (Å²) in [4.78, 5) is 1.37. The molecule has 0 bridgehead atoms. The van der Waals surface area contributed by atoms with Crippen molar-refractivity contribution in [1.82, 2.24) is 9.91 Å². The Labute approximate surface area is 104 Å². The SMILES string of the molecule is CCCCN1N=CN(C(Cl)(Cl)Cl)C1Cl. The van der Waals surface area contributed by atoms with E-state index >= 15 is 0 Å². The number of halogens is 4. The number of hydrazone groups is 1. The van der Waals surface area contributed by atoms with E-state index in [1.165, 1.54) is 11.2 Å². The summed E-state index contributed by atoms with van der Waals surface area (Å²) < 4.78 is -1.54. The second kappa shape index (κ2) is 4.97. The normalized spacial score (nSPS) is 22.2. The number of hydrogen-bond donors (Lipinski definition) is 0. The third-order valence-electron chi connectivity index (χ3n) is 1.83. The van der Waals surface area contributed by atoms with Crippen molar-refractivity contribution in [2.75, 3.05) is 6.54 Å². The fraction of sp³-hybridized carbons (Fsp3) is 0.857. The molecule has 7 heteroatoms. The Bertz CT molecular complexity index is 215. The van der Waals surface area contributed by atoms with Gasteiger partial charge >= 0.3 is 0 Å². The summed E-state index contributed by atoms with van der Waals surface area (Å²) in [5.74, 6) is 0. The first-order valence-corrected chi connectivity index (χ1v) is 5.84. The molecule has 0 saturated carbocycles. The molecule has 1 atom stereocenters. The van der Waals surface area contributed by atoms with E-state index in [2.05, 4.69) is 12.0 Å². The van der Waals surface area contributed by atoms with Gasteiger partial charge in [0.1, 0.15) is 6.34 Å². The lowest BCUT2D eigenvalue weighted by Gasteiger charge is -2.29. The summed E-state index contributed by atoms with van der Waals surface area (Å²) >= 11 is 23.1. The number of rotatable bonds is 3. The van der Waals surface area contributed by atoms with E-state index in [4.69, 9.17) is 46.4 Å². The van der Waals surface area contributed by atoms with Gasteiger partial charge in [-0.1, -0.05) is 59.7 Å². The monoisotopic (exact) mass is 277 g/mol. The standard InChI is InChI=1S/C7H11Cl4N3/c1-2-3-4-14-6(8)13(5-12-14)7(9,10)11/h5-6H,2-4H2,1H3. The first kappa shape index (κ1) is 12.5. The quantitative estimate of drug-likeness (QED) is 0.583. The highest BCUT2D eigenvalue weighted by Crippen LogP contribution is 2.35. The summed E-state index contributed by atoms with van der Waals surface area (Å²) in [6, 6.07) is 0. The van der Waals surface area contributed by atoms with E-state index < -0.39 is 9.54 Å². The Morgan fingerprint density at radius 2 is 2.07 bits per heavy atom. The molecule has 82 valence electrons. The van der Waals surface area contributed by atoms with Crippen LogP contribution >= 0.6 is 46.4 Å². The van der Waals surface area contributed by atoms with Crippen LogP contribution in [0.2, 0.25) is 0 Å². The molecular formula is C7H11Cl4N3. The van der Waals surface area contributed by atoms with Crippen LogP contribution in [0.15, 0.2) is 5.10 Å². The van der Waals surface area contributed by atoms with Gasteiger partial charge in [-0.25, -0.2) is 0 Å². The van der Waals surface area contributed by atoms with Crippen molar-refractivity contribution in [1.29, 1.82) is 0 Å². The molecule has 0 radical (unpaired) electrons. The van der Waals surface area contributed by atoms with Crippen molar-refractivity contribution < 1.29 is 0 Å². The number of nitrogens with zero attached hydrogens (tertiary/aromatic N) is 3. The van der Waals surface area contributed by atoms with Crippen molar-refractivity contribution in [3.05, 3.63) is 0 Å². The maximum Gasteiger partial charge on any atom is 0.271 e. The van der Waals surface area contributed by atoms with Crippen LogP contribution in [-0.2, 0) is 0 Å². The van der Waals surface area contributed by atoms with E-state index in [-0.39, 0.29) is 0 Å². The van der Waals surface area contributed by atoms with Crippen molar-refractivity contribution in [2.24, 2.45) is 5.10 Å². The molecular weight excluding hydrogens is 268 g/mol. The summed E-state index contributed by atoms with van der Waals surface area (Å²) in [7, 11) is 0. The van der Waals surface area contributed by atoms with Gasteiger partial charge in [-0.3, -0.25) is 9.91 Å². The summed E-state index contributed by atoms with van der Waals surface area (Å²) in [5.41, 5.74) is -0.519.